The number of rotatable bonds is 7. The number of benzene rings is 1. The standard InChI is InChI=1S/C23H26FN5O2/c1-2-31-23(30)19-15-26-29(21-9-4-3-8-20(21)24)22(19)17-28-13-11-27(12-14-28)16-18-7-5-6-10-25-18/h3-10,15H,2,11-14,16-17H2,1H3. The van der Waals surface area contributed by atoms with Gasteiger partial charge >= 0.3 is 5.97 Å². The second-order valence-corrected chi connectivity index (χ2v) is 7.46. The van der Waals surface area contributed by atoms with Crippen LogP contribution in [0.25, 0.3) is 5.69 Å². The third kappa shape index (κ3) is 4.98. The van der Waals surface area contributed by atoms with E-state index >= 15 is 0 Å². The van der Waals surface area contributed by atoms with Crippen molar-refractivity contribution in [3.63, 3.8) is 0 Å². The summed E-state index contributed by atoms with van der Waals surface area (Å²) in [5, 5.41) is 4.32. The number of hydrogen-bond acceptors (Lipinski definition) is 6. The Morgan fingerprint density at radius 3 is 2.42 bits per heavy atom. The van der Waals surface area contributed by atoms with Crippen molar-refractivity contribution in [3.8, 4) is 5.69 Å². The maximum atomic E-state index is 14.4. The third-order valence-corrected chi connectivity index (χ3v) is 5.39. The summed E-state index contributed by atoms with van der Waals surface area (Å²) < 4.78 is 21.2. The van der Waals surface area contributed by atoms with Crippen LogP contribution in [0, 0.1) is 5.82 Å². The van der Waals surface area contributed by atoms with Gasteiger partial charge in [-0.05, 0) is 31.2 Å². The molecular weight excluding hydrogens is 397 g/mol. The summed E-state index contributed by atoms with van der Waals surface area (Å²) in [6, 6.07) is 12.4. The first kappa shape index (κ1) is 21.1. The van der Waals surface area contributed by atoms with Gasteiger partial charge in [-0.15, -0.1) is 0 Å². The van der Waals surface area contributed by atoms with Crippen LogP contribution in [0.3, 0.4) is 0 Å². The molecule has 1 fully saturated rings. The molecule has 162 valence electrons. The summed E-state index contributed by atoms with van der Waals surface area (Å²) >= 11 is 0. The minimum atomic E-state index is -0.436. The van der Waals surface area contributed by atoms with E-state index in [-0.39, 0.29) is 12.4 Å². The fourth-order valence-electron chi connectivity index (χ4n) is 3.77. The molecule has 1 aliphatic heterocycles. The molecule has 0 bridgehead atoms. The Morgan fingerprint density at radius 2 is 1.74 bits per heavy atom. The largest absolute Gasteiger partial charge is 0.462 e. The lowest BCUT2D eigenvalue weighted by Crippen LogP contribution is -2.45. The zero-order valence-electron chi connectivity index (χ0n) is 17.6. The van der Waals surface area contributed by atoms with Gasteiger partial charge in [-0.25, -0.2) is 13.9 Å². The number of carbonyl (C=O) groups excluding carboxylic acids is 1. The van der Waals surface area contributed by atoms with Gasteiger partial charge in [-0.2, -0.15) is 5.10 Å². The maximum Gasteiger partial charge on any atom is 0.341 e. The molecule has 1 saturated heterocycles. The Kier molecular flexibility index (Phi) is 6.69. The van der Waals surface area contributed by atoms with Gasteiger partial charge in [0.2, 0.25) is 0 Å². The van der Waals surface area contributed by atoms with E-state index in [2.05, 4.69) is 19.9 Å². The van der Waals surface area contributed by atoms with Crippen LogP contribution >= 0.6 is 0 Å². The second-order valence-electron chi connectivity index (χ2n) is 7.46. The Balaban J connectivity index is 1.50. The first-order valence-electron chi connectivity index (χ1n) is 10.5. The molecule has 1 aliphatic rings. The number of aromatic nitrogens is 3. The van der Waals surface area contributed by atoms with Crippen molar-refractivity contribution in [2.75, 3.05) is 32.8 Å². The lowest BCUT2D eigenvalue weighted by atomic mass is 10.2. The van der Waals surface area contributed by atoms with Crippen LogP contribution in [0.2, 0.25) is 0 Å². The number of para-hydroxylation sites is 1. The predicted octanol–water partition coefficient (Wildman–Crippen LogP) is 2.90. The van der Waals surface area contributed by atoms with Crippen LogP contribution in [0.1, 0.15) is 28.7 Å². The smallest absolute Gasteiger partial charge is 0.341 e. The highest BCUT2D eigenvalue weighted by atomic mass is 19.1. The Morgan fingerprint density at radius 1 is 1.03 bits per heavy atom. The SMILES string of the molecule is CCOC(=O)c1cnn(-c2ccccc2F)c1CN1CCN(Cc2ccccn2)CC1. The molecule has 0 aliphatic carbocycles. The van der Waals surface area contributed by atoms with Crippen LogP contribution in [0.15, 0.2) is 54.9 Å². The number of hydrogen-bond donors (Lipinski definition) is 0. The van der Waals surface area contributed by atoms with Crippen LogP contribution in [0.4, 0.5) is 4.39 Å². The van der Waals surface area contributed by atoms with Crippen molar-refractivity contribution in [2.24, 2.45) is 0 Å². The lowest BCUT2D eigenvalue weighted by molar-refractivity contribution is 0.0522. The minimum absolute atomic E-state index is 0.273. The van der Waals surface area contributed by atoms with Gasteiger partial charge in [0.25, 0.3) is 0 Å². The highest BCUT2D eigenvalue weighted by molar-refractivity contribution is 5.90. The Labute approximate surface area is 181 Å². The van der Waals surface area contributed by atoms with E-state index in [0.717, 1.165) is 38.4 Å². The van der Waals surface area contributed by atoms with Gasteiger partial charge in [0.1, 0.15) is 17.1 Å². The van der Waals surface area contributed by atoms with Crippen LogP contribution < -0.4 is 0 Å². The van der Waals surface area contributed by atoms with Crippen LogP contribution in [0.5, 0.6) is 0 Å². The van der Waals surface area contributed by atoms with E-state index in [1.165, 1.54) is 16.9 Å². The van der Waals surface area contributed by atoms with Crippen molar-refractivity contribution in [1.29, 1.82) is 0 Å². The average molecular weight is 423 g/mol. The maximum absolute atomic E-state index is 14.4. The predicted molar refractivity (Wildman–Crippen MR) is 114 cm³/mol. The molecule has 4 rings (SSSR count). The molecule has 0 unspecified atom stereocenters. The third-order valence-electron chi connectivity index (χ3n) is 5.39. The lowest BCUT2D eigenvalue weighted by Gasteiger charge is -2.34. The van der Waals surface area contributed by atoms with E-state index in [9.17, 15) is 9.18 Å². The summed E-state index contributed by atoms with van der Waals surface area (Å²) in [5.74, 6) is -0.823. The molecule has 0 amide bonds. The van der Waals surface area contributed by atoms with Crippen molar-refractivity contribution in [1.82, 2.24) is 24.6 Å². The van der Waals surface area contributed by atoms with Gasteiger partial charge in [0.15, 0.2) is 0 Å². The van der Waals surface area contributed by atoms with E-state index in [4.69, 9.17) is 4.74 Å². The molecule has 31 heavy (non-hydrogen) atoms. The summed E-state index contributed by atoms with van der Waals surface area (Å²) in [6.45, 7) is 6.78. The monoisotopic (exact) mass is 423 g/mol. The molecule has 0 atom stereocenters. The number of pyridine rings is 1. The summed E-state index contributed by atoms with van der Waals surface area (Å²) in [5.41, 5.74) is 2.39. The number of halogens is 1. The number of esters is 1. The van der Waals surface area contributed by atoms with Crippen molar-refractivity contribution in [2.45, 2.75) is 20.0 Å². The van der Waals surface area contributed by atoms with Gasteiger partial charge in [0, 0.05) is 45.5 Å². The van der Waals surface area contributed by atoms with Gasteiger partial charge in [-0.3, -0.25) is 14.8 Å². The van der Waals surface area contributed by atoms with Crippen molar-refractivity contribution >= 4 is 5.97 Å². The molecule has 3 heterocycles. The topological polar surface area (TPSA) is 63.5 Å². The minimum Gasteiger partial charge on any atom is -0.462 e. The molecule has 0 saturated carbocycles. The zero-order valence-corrected chi connectivity index (χ0v) is 17.6. The molecule has 1 aromatic carbocycles. The van der Waals surface area contributed by atoms with Gasteiger partial charge in [0.05, 0.1) is 24.2 Å². The molecule has 2 aromatic heterocycles. The quantitative estimate of drug-likeness (QED) is 0.545. The molecule has 0 radical (unpaired) electrons. The highest BCUT2D eigenvalue weighted by Gasteiger charge is 2.25. The van der Waals surface area contributed by atoms with Gasteiger partial charge in [-0.1, -0.05) is 18.2 Å². The van der Waals surface area contributed by atoms with Gasteiger partial charge < -0.3 is 4.74 Å². The van der Waals surface area contributed by atoms with E-state index in [0.29, 0.717) is 23.5 Å². The number of nitrogens with zero attached hydrogens (tertiary/aromatic N) is 5. The first-order chi connectivity index (χ1) is 15.2. The zero-order chi connectivity index (χ0) is 21.6. The molecule has 7 nitrogen and oxygen atoms in total. The summed E-state index contributed by atoms with van der Waals surface area (Å²) in [6.07, 6.45) is 3.28. The average Bonchev–Trinajstić information content (AvgIpc) is 3.20. The molecule has 3 aromatic rings. The highest BCUT2D eigenvalue weighted by Crippen LogP contribution is 2.21. The van der Waals surface area contributed by atoms with Crippen molar-refractivity contribution < 1.29 is 13.9 Å². The molecular formula is C23H26FN5O2. The number of carbonyl (C=O) groups is 1. The van der Waals surface area contributed by atoms with E-state index in [1.54, 1.807) is 25.1 Å². The normalized spacial score (nSPS) is 15.2. The summed E-state index contributed by atoms with van der Waals surface area (Å²) in [4.78, 5) is 21.5. The second kappa shape index (κ2) is 9.80. The fraction of sp³-hybridized carbons (Fsp3) is 0.348. The van der Waals surface area contributed by atoms with E-state index < -0.39 is 5.97 Å². The fourth-order valence-corrected chi connectivity index (χ4v) is 3.77. The number of ether oxygens (including phenoxy) is 1. The first-order valence-corrected chi connectivity index (χ1v) is 10.5. The Hall–Kier alpha value is -3.10. The van der Waals surface area contributed by atoms with Crippen molar-refractivity contribution in [3.05, 3.63) is 77.6 Å². The summed E-state index contributed by atoms with van der Waals surface area (Å²) in [7, 11) is 0. The Bertz CT molecular complexity index is 1020. The van der Waals surface area contributed by atoms with Crippen LogP contribution in [-0.2, 0) is 17.8 Å². The van der Waals surface area contributed by atoms with E-state index in [1.807, 2.05) is 24.4 Å². The van der Waals surface area contributed by atoms with Crippen LogP contribution in [-0.4, -0.2) is 63.3 Å². The molecule has 0 spiro atoms. The number of piperazine rings is 1. The molecule has 0 N–H and O–H groups in total. The molecule has 8 heteroatoms.